The summed E-state index contributed by atoms with van der Waals surface area (Å²) in [5.41, 5.74) is 2.13. The Kier molecular flexibility index (Phi) is 6.69. The van der Waals surface area contributed by atoms with Crippen molar-refractivity contribution in [3.05, 3.63) is 59.7 Å². The van der Waals surface area contributed by atoms with Crippen LogP contribution in [0.1, 0.15) is 17.5 Å². The summed E-state index contributed by atoms with van der Waals surface area (Å²) in [6, 6.07) is 14.6. The first kappa shape index (κ1) is 19.1. The number of rotatable bonds is 9. The molecule has 0 saturated carbocycles. The Hall–Kier alpha value is -2.22. The number of aliphatic carboxylic acids is 1. The van der Waals surface area contributed by atoms with E-state index in [0.29, 0.717) is 24.5 Å². The van der Waals surface area contributed by atoms with Crippen LogP contribution in [0.2, 0.25) is 0 Å². The van der Waals surface area contributed by atoms with Crippen LogP contribution in [0, 0.1) is 0 Å². The Morgan fingerprint density at radius 3 is 2.04 bits per heavy atom. The molecule has 0 fully saturated rings. The van der Waals surface area contributed by atoms with Gasteiger partial charge in [-0.3, -0.25) is 9.35 Å². The average molecular weight is 367 g/mol. The SMILES string of the molecule is CS(O)([OH2+])Oc1ccc(OCCc2ccc(CCC(=O)O)cc2)cc1. The molecule has 1 unspecified atom stereocenters. The van der Waals surface area contributed by atoms with Crippen molar-refractivity contribution >= 4 is 16.8 Å². The number of hydrogen-bond donors (Lipinski definition) is 2. The van der Waals surface area contributed by atoms with Crippen LogP contribution in [-0.4, -0.2) is 33.0 Å². The fourth-order valence-corrected chi connectivity index (χ4v) is 2.68. The number of carboxylic acids is 1. The molecule has 2 rings (SSSR count). The van der Waals surface area contributed by atoms with E-state index in [-0.39, 0.29) is 6.42 Å². The van der Waals surface area contributed by atoms with Gasteiger partial charge in [-0.1, -0.05) is 24.3 Å². The van der Waals surface area contributed by atoms with Crippen molar-refractivity contribution in [3.63, 3.8) is 0 Å². The largest absolute Gasteiger partial charge is 0.493 e. The first-order valence-electron chi connectivity index (χ1n) is 7.79. The number of carboxylic acid groups (broad SMARTS) is 1. The minimum Gasteiger partial charge on any atom is -0.493 e. The second-order valence-corrected chi connectivity index (χ2v) is 7.44. The van der Waals surface area contributed by atoms with Crippen molar-refractivity contribution < 1.29 is 27.9 Å². The lowest BCUT2D eigenvalue weighted by atomic mass is 10.1. The summed E-state index contributed by atoms with van der Waals surface area (Å²) in [6.45, 7) is 0.510. The molecule has 7 heteroatoms. The zero-order chi connectivity index (χ0) is 18.3. The average Bonchev–Trinajstić information content (AvgIpc) is 2.54. The van der Waals surface area contributed by atoms with E-state index in [9.17, 15) is 9.35 Å². The summed E-state index contributed by atoms with van der Waals surface area (Å²) in [5, 5.41) is 8.68. The standard InChI is InChI=1S/C18H22O6S/c1-25(21,22)24-17-9-7-16(8-10-17)23-13-12-15-4-2-14(3-5-15)6-11-18(19)20/h2-5,7-10,21-22H,6,11-13H2,1H3,(H,19,20)/p+1. The van der Waals surface area contributed by atoms with E-state index in [0.717, 1.165) is 17.5 Å². The van der Waals surface area contributed by atoms with Crippen LogP contribution in [0.15, 0.2) is 48.5 Å². The molecule has 0 heterocycles. The molecule has 4 N–H and O–H groups in total. The monoisotopic (exact) mass is 367 g/mol. The van der Waals surface area contributed by atoms with E-state index in [1.807, 2.05) is 24.3 Å². The minimum atomic E-state index is -2.78. The summed E-state index contributed by atoms with van der Waals surface area (Å²) in [7, 11) is -2.78. The topological polar surface area (TPSA) is 98.9 Å². The molecule has 0 aliphatic rings. The molecule has 1 atom stereocenters. The maximum absolute atomic E-state index is 10.6. The quantitative estimate of drug-likeness (QED) is 0.663. The number of benzene rings is 2. The van der Waals surface area contributed by atoms with Gasteiger partial charge in [0.1, 0.15) is 11.5 Å². The maximum atomic E-state index is 10.6. The van der Waals surface area contributed by atoms with Gasteiger partial charge in [0.2, 0.25) is 0 Å². The van der Waals surface area contributed by atoms with E-state index in [4.69, 9.17) is 18.6 Å². The summed E-state index contributed by atoms with van der Waals surface area (Å²) >= 11 is 0. The van der Waals surface area contributed by atoms with E-state index < -0.39 is 16.8 Å². The lowest BCUT2D eigenvalue weighted by molar-refractivity contribution is -0.136. The van der Waals surface area contributed by atoms with Crippen molar-refractivity contribution in [2.75, 3.05) is 12.9 Å². The molecule has 2 aromatic rings. The van der Waals surface area contributed by atoms with E-state index in [1.54, 1.807) is 24.3 Å². The Morgan fingerprint density at radius 1 is 1.00 bits per heavy atom. The summed E-state index contributed by atoms with van der Waals surface area (Å²) in [5.74, 6) is 0.325. The van der Waals surface area contributed by atoms with Crippen LogP contribution in [0.3, 0.4) is 0 Å². The summed E-state index contributed by atoms with van der Waals surface area (Å²) in [4.78, 5) is 10.6. The third-order valence-electron chi connectivity index (χ3n) is 3.39. The second-order valence-electron chi connectivity index (χ2n) is 5.67. The Balaban J connectivity index is 1.77. The molecule has 136 valence electrons. The highest BCUT2D eigenvalue weighted by Gasteiger charge is 2.16. The molecule has 25 heavy (non-hydrogen) atoms. The molecule has 0 aliphatic carbocycles. The van der Waals surface area contributed by atoms with E-state index in [1.165, 1.54) is 6.26 Å². The molecule has 6 nitrogen and oxygen atoms in total. The normalized spacial score (nSPS) is 14.4. The second kappa shape index (κ2) is 8.75. The van der Waals surface area contributed by atoms with E-state index >= 15 is 0 Å². The molecular formula is C18H23O6S+. The van der Waals surface area contributed by atoms with E-state index in [2.05, 4.69) is 0 Å². The van der Waals surface area contributed by atoms with Crippen LogP contribution in [0.5, 0.6) is 11.5 Å². The lowest BCUT2D eigenvalue weighted by Gasteiger charge is -2.17. The van der Waals surface area contributed by atoms with Crippen LogP contribution in [0.25, 0.3) is 0 Å². The first-order valence-corrected chi connectivity index (χ1v) is 9.71. The summed E-state index contributed by atoms with van der Waals surface area (Å²) in [6.07, 6.45) is 2.74. The minimum absolute atomic E-state index is 0.138. The zero-order valence-electron chi connectivity index (χ0n) is 14.0. The molecule has 0 radical (unpaired) electrons. The van der Waals surface area contributed by atoms with Gasteiger partial charge in [0.05, 0.1) is 12.9 Å². The van der Waals surface area contributed by atoms with Crippen molar-refractivity contribution in [1.29, 1.82) is 0 Å². The van der Waals surface area contributed by atoms with Gasteiger partial charge in [-0.25, -0.2) is 0 Å². The molecule has 2 aromatic carbocycles. The van der Waals surface area contributed by atoms with Crippen LogP contribution in [-0.2, 0) is 17.6 Å². The molecule has 0 spiro atoms. The molecular weight excluding hydrogens is 344 g/mol. The van der Waals surface area contributed by atoms with Gasteiger partial charge in [-0.05, 0) is 41.8 Å². The predicted molar refractivity (Wildman–Crippen MR) is 98.4 cm³/mol. The first-order chi connectivity index (χ1) is 11.8. The Labute approximate surface area is 148 Å². The highest BCUT2D eigenvalue weighted by Crippen LogP contribution is 2.36. The molecule has 0 amide bonds. The molecule has 0 aromatic heterocycles. The number of aryl methyl sites for hydroxylation is 1. The Morgan fingerprint density at radius 2 is 1.52 bits per heavy atom. The highest BCUT2D eigenvalue weighted by molar-refractivity contribution is 8.19. The van der Waals surface area contributed by atoms with Crippen LogP contribution >= 0.6 is 10.9 Å². The smallest absolute Gasteiger partial charge is 0.303 e. The van der Waals surface area contributed by atoms with Crippen LogP contribution in [0.4, 0.5) is 0 Å². The van der Waals surface area contributed by atoms with Crippen molar-refractivity contribution in [2.45, 2.75) is 19.3 Å². The van der Waals surface area contributed by atoms with Gasteiger partial charge in [0.25, 0.3) is 10.9 Å². The molecule has 0 aliphatic heterocycles. The molecule has 0 bridgehead atoms. The lowest BCUT2D eigenvalue weighted by Crippen LogP contribution is -2.03. The number of hydrogen-bond acceptors (Lipinski definition) is 4. The Bertz CT molecular complexity index is 676. The summed E-state index contributed by atoms with van der Waals surface area (Å²) < 4.78 is 27.5. The maximum Gasteiger partial charge on any atom is 0.303 e. The third-order valence-corrected chi connectivity index (χ3v) is 3.91. The highest BCUT2D eigenvalue weighted by atomic mass is 32.3. The number of ether oxygens (including phenoxy) is 1. The predicted octanol–water partition coefficient (Wildman–Crippen LogP) is 3.17. The van der Waals surface area contributed by atoms with Crippen molar-refractivity contribution in [3.8, 4) is 11.5 Å². The van der Waals surface area contributed by atoms with Gasteiger partial charge in [0.15, 0.2) is 0 Å². The zero-order valence-corrected chi connectivity index (χ0v) is 14.8. The fourth-order valence-electron chi connectivity index (χ4n) is 2.19. The van der Waals surface area contributed by atoms with Crippen molar-refractivity contribution in [2.24, 2.45) is 0 Å². The van der Waals surface area contributed by atoms with Gasteiger partial charge < -0.3 is 18.6 Å². The van der Waals surface area contributed by atoms with Gasteiger partial charge in [-0.2, -0.15) is 0 Å². The van der Waals surface area contributed by atoms with Crippen LogP contribution < -0.4 is 8.92 Å². The van der Waals surface area contributed by atoms with Crippen molar-refractivity contribution in [1.82, 2.24) is 0 Å². The van der Waals surface area contributed by atoms with Gasteiger partial charge >= 0.3 is 5.97 Å². The number of carbonyl (C=O) groups is 1. The van der Waals surface area contributed by atoms with Gasteiger partial charge in [-0.15, -0.1) is 0 Å². The third kappa shape index (κ3) is 7.47. The fraction of sp³-hybridized carbons (Fsp3) is 0.278. The molecule has 0 saturated heterocycles. The van der Waals surface area contributed by atoms with Gasteiger partial charge in [0, 0.05) is 12.8 Å².